The number of aromatic nitrogens is 2. The lowest BCUT2D eigenvalue weighted by Gasteiger charge is -2.30. The standard InChI is InChI=1S/C17H33N5O.HI/c1-9-18-16(20-11-15(23-8)17(4,5)6)19-10-14-12(2)21-22(7)13(14)3;/h15H,9-11H2,1-8H3,(H2,18,19,20);1H. The number of nitrogens with zero attached hydrogens (tertiary/aromatic N) is 3. The molecule has 0 bridgehead atoms. The number of halogens is 1. The second-order valence-electron chi connectivity index (χ2n) is 6.94. The Labute approximate surface area is 163 Å². The minimum Gasteiger partial charge on any atom is -0.379 e. The van der Waals surface area contributed by atoms with Crippen molar-refractivity contribution >= 4 is 29.9 Å². The number of aryl methyl sites for hydroxylation is 2. The molecule has 140 valence electrons. The van der Waals surface area contributed by atoms with E-state index in [0.29, 0.717) is 6.54 Å². The first-order chi connectivity index (χ1) is 10.7. The molecule has 24 heavy (non-hydrogen) atoms. The molecular weight excluding hydrogens is 417 g/mol. The fraction of sp³-hybridized carbons (Fsp3) is 0.765. The zero-order valence-electron chi connectivity index (χ0n) is 16.4. The topological polar surface area (TPSA) is 63.5 Å². The van der Waals surface area contributed by atoms with E-state index < -0.39 is 0 Å². The van der Waals surface area contributed by atoms with E-state index in [1.165, 1.54) is 5.56 Å². The summed E-state index contributed by atoms with van der Waals surface area (Å²) >= 11 is 0. The number of hydrogen-bond donors (Lipinski definition) is 2. The predicted molar refractivity (Wildman–Crippen MR) is 111 cm³/mol. The fourth-order valence-electron chi connectivity index (χ4n) is 2.48. The predicted octanol–water partition coefficient (Wildman–Crippen LogP) is 2.77. The van der Waals surface area contributed by atoms with Gasteiger partial charge in [-0.25, -0.2) is 4.99 Å². The van der Waals surface area contributed by atoms with Gasteiger partial charge in [-0.2, -0.15) is 5.10 Å². The summed E-state index contributed by atoms with van der Waals surface area (Å²) < 4.78 is 7.49. The third kappa shape index (κ3) is 6.58. The molecule has 0 aliphatic carbocycles. The summed E-state index contributed by atoms with van der Waals surface area (Å²) in [6, 6.07) is 0. The summed E-state index contributed by atoms with van der Waals surface area (Å²) in [6.45, 7) is 14.9. The van der Waals surface area contributed by atoms with Crippen molar-refractivity contribution in [2.24, 2.45) is 17.5 Å². The summed E-state index contributed by atoms with van der Waals surface area (Å²) in [5, 5.41) is 11.1. The van der Waals surface area contributed by atoms with Crippen LogP contribution in [0.3, 0.4) is 0 Å². The Kier molecular flexibility index (Phi) is 9.87. The largest absolute Gasteiger partial charge is 0.379 e. The lowest BCUT2D eigenvalue weighted by Crippen LogP contribution is -2.45. The average molecular weight is 451 g/mol. The number of nitrogens with one attached hydrogen (secondary N) is 2. The Morgan fingerprint density at radius 3 is 2.33 bits per heavy atom. The van der Waals surface area contributed by atoms with Crippen molar-refractivity contribution in [2.45, 2.75) is 54.2 Å². The highest BCUT2D eigenvalue weighted by Gasteiger charge is 2.24. The highest BCUT2D eigenvalue weighted by molar-refractivity contribution is 14.0. The molecular formula is C17H34IN5O. The molecule has 0 saturated heterocycles. The van der Waals surface area contributed by atoms with Crippen molar-refractivity contribution in [1.82, 2.24) is 20.4 Å². The first-order valence-corrected chi connectivity index (χ1v) is 8.24. The van der Waals surface area contributed by atoms with Gasteiger partial charge in [-0.3, -0.25) is 4.68 Å². The molecule has 0 aliphatic heterocycles. The summed E-state index contributed by atoms with van der Waals surface area (Å²) in [5.74, 6) is 0.807. The lowest BCUT2D eigenvalue weighted by atomic mass is 9.89. The number of guanidine groups is 1. The molecule has 2 N–H and O–H groups in total. The maximum atomic E-state index is 5.59. The Bertz CT molecular complexity index is 534. The SMILES string of the molecule is CCNC(=NCc1c(C)nn(C)c1C)NCC(OC)C(C)(C)C.I. The third-order valence-corrected chi connectivity index (χ3v) is 4.10. The molecule has 1 rings (SSSR count). The fourth-order valence-corrected chi connectivity index (χ4v) is 2.48. The van der Waals surface area contributed by atoms with Gasteiger partial charge in [-0.1, -0.05) is 20.8 Å². The van der Waals surface area contributed by atoms with Gasteiger partial charge in [0.1, 0.15) is 0 Å². The zero-order chi connectivity index (χ0) is 17.6. The summed E-state index contributed by atoms with van der Waals surface area (Å²) in [6.07, 6.45) is 0.119. The van der Waals surface area contributed by atoms with Gasteiger partial charge in [0.15, 0.2) is 5.96 Å². The van der Waals surface area contributed by atoms with Gasteiger partial charge < -0.3 is 15.4 Å². The van der Waals surface area contributed by atoms with E-state index in [-0.39, 0.29) is 35.5 Å². The van der Waals surface area contributed by atoms with Crippen LogP contribution in [0, 0.1) is 19.3 Å². The van der Waals surface area contributed by atoms with E-state index in [1.54, 1.807) is 7.11 Å². The van der Waals surface area contributed by atoms with Gasteiger partial charge in [0.05, 0.1) is 18.3 Å². The minimum absolute atomic E-state index is 0. The van der Waals surface area contributed by atoms with Gasteiger partial charge in [0.2, 0.25) is 0 Å². The quantitative estimate of drug-likeness (QED) is 0.397. The highest BCUT2D eigenvalue weighted by Crippen LogP contribution is 2.21. The van der Waals surface area contributed by atoms with Gasteiger partial charge in [-0.15, -0.1) is 24.0 Å². The van der Waals surface area contributed by atoms with Crippen LogP contribution in [0.5, 0.6) is 0 Å². The molecule has 0 radical (unpaired) electrons. The second-order valence-corrected chi connectivity index (χ2v) is 6.94. The molecule has 1 unspecified atom stereocenters. The highest BCUT2D eigenvalue weighted by atomic mass is 127. The van der Waals surface area contributed by atoms with Crippen molar-refractivity contribution in [3.05, 3.63) is 17.0 Å². The van der Waals surface area contributed by atoms with Crippen LogP contribution in [-0.4, -0.2) is 42.0 Å². The zero-order valence-corrected chi connectivity index (χ0v) is 18.7. The summed E-state index contributed by atoms with van der Waals surface area (Å²) in [4.78, 5) is 4.69. The van der Waals surface area contributed by atoms with Gasteiger partial charge in [0, 0.05) is 38.5 Å². The number of methoxy groups -OCH3 is 1. The molecule has 7 heteroatoms. The number of hydrogen-bond acceptors (Lipinski definition) is 3. The van der Waals surface area contributed by atoms with E-state index in [0.717, 1.165) is 30.4 Å². The van der Waals surface area contributed by atoms with Crippen LogP contribution < -0.4 is 10.6 Å². The maximum Gasteiger partial charge on any atom is 0.191 e. The maximum absolute atomic E-state index is 5.59. The smallest absolute Gasteiger partial charge is 0.191 e. The molecule has 1 atom stereocenters. The van der Waals surface area contributed by atoms with E-state index in [1.807, 2.05) is 18.7 Å². The van der Waals surface area contributed by atoms with E-state index in [9.17, 15) is 0 Å². The molecule has 0 saturated carbocycles. The molecule has 6 nitrogen and oxygen atoms in total. The monoisotopic (exact) mass is 451 g/mol. The van der Waals surface area contributed by atoms with Gasteiger partial charge >= 0.3 is 0 Å². The summed E-state index contributed by atoms with van der Waals surface area (Å²) in [7, 11) is 3.72. The van der Waals surface area contributed by atoms with E-state index in [4.69, 9.17) is 9.73 Å². The van der Waals surface area contributed by atoms with Crippen LogP contribution in [0.4, 0.5) is 0 Å². The van der Waals surface area contributed by atoms with Crippen LogP contribution in [-0.2, 0) is 18.3 Å². The van der Waals surface area contributed by atoms with Crippen molar-refractivity contribution in [3.8, 4) is 0 Å². The van der Waals surface area contributed by atoms with Crippen molar-refractivity contribution in [2.75, 3.05) is 20.2 Å². The van der Waals surface area contributed by atoms with Crippen molar-refractivity contribution < 1.29 is 4.74 Å². The van der Waals surface area contributed by atoms with Gasteiger partial charge in [0.25, 0.3) is 0 Å². The molecule has 0 amide bonds. The minimum atomic E-state index is 0. The Morgan fingerprint density at radius 2 is 1.92 bits per heavy atom. The van der Waals surface area contributed by atoms with E-state index in [2.05, 4.69) is 50.4 Å². The van der Waals surface area contributed by atoms with Crippen LogP contribution in [0.1, 0.15) is 44.6 Å². The van der Waals surface area contributed by atoms with Crippen molar-refractivity contribution in [3.63, 3.8) is 0 Å². The first-order valence-electron chi connectivity index (χ1n) is 8.24. The Morgan fingerprint density at radius 1 is 1.29 bits per heavy atom. The molecule has 1 aromatic heterocycles. The van der Waals surface area contributed by atoms with Crippen LogP contribution in [0.15, 0.2) is 4.99 Å². The number of rotatable bonds is 6. The van der Waals surface area contributed by atoms with Gasteiger partial charge in [-0.05, 0) is 26.2 Å². The van der Waals surface area contributed by atoms with Crippen molar-refractivity contribution in [1.29, 1.82) is 0 Å². The molecule has 0 fully saturated rings. The lowest BCUT2D eigenvalue weighted by molar-refractivity contribution is 0.0205. The normalized spacial score (nSPS) is 13.4. The van der Waals surface area contributed by atoms with Crippen LogP contribution in [0.25, 0.3) is 0 Å². The molecule has 0 aromatic carbocycles. The average Bonchev–Trinajstić information content (AvgIpc) is 2.69. The van der Waals surface area contributed by atoms with Crippen LogP contribution >= 0.6 is 24.0 Å². The molecule has 0 spiro atoms. The third-order valence-electron chi connectivity index (χ3n) is 4.10. The first kappa shape index (κ1) is 23.2. The molecule has 0 aliphatic rings. The number of aliphatic imine (C=N–C) groups is 1. The number of ether oxygens (including phenoxy) is 1. The summed E-state index contributed by atoms with van der Waals surface area (Å²) in [5.41, 5.74) is 3.46. The molecule has 1 aromatic rings. The van der Waals surface area contributed by atoms with Crippen LogP contribution in [0.2, 0.25) is 0 Å². The Balaban J connectivity index is 0.00000529. The molecule has 1 heterocycles. The van der Waals surface area contributed by atoms with E-state index >= 15 is 0 Å². The second kappa shape index (κ2) is 10.2. The Hall–Kier alpha value is -0.830.